The van der Waals surface area contributed by atoms with Gasteiger partial charge in [-0.05, 0) is 38.9 Å². The zero-order chi connectivity index (χ0) is 8.10. The summed E-state index contributed by atoms with van der Waals surface area (Å²) in [4.78, 5) is 2.57. The van der Waals surface area contributed by atoms with Gasteiger partial charge in [-0.1, -0.05) is 13.3 Å². The first kappa shape index (κ1) is 9.01. The third-order valence-electron chi connectivity index (χ3n) is 2.66. The van der Waals surface area contributed by atoms with E-state index in [1.165, 1.54) is 38.8 Å². The van der Waals surface area contributed by atoms with E-state index in [2.05, 4.69) is 11.8 Å². The van der Waals surface area contributed by atoms with Crippen molar-refractivity contribution in [3.8, 4) is 0 Å². The molecule has 66 valence electrons. The fraction of sp³-hybridized carbons (Fsp3) is 1.00. The summed E-state index contributed by atoms with van der Waals surface area (Å²) in [6.45, 7) is 5.59. The lowest BCUT2D eigenvalue weighted by molar-refractivity contribution is 0.150. The molecular formula is C9H20N2. The fourth-order valence-electron chi connectivity index (χ4n) is 2.00. The van der Waals surface area contributed by atoms with E-state index in [4.69, 9.17) is 5.73 Å². The number of nitrogens with two attached hydrogens (primary N) is 1. The molecule has 0 aromatic carbocycles. The van der Waals surface area contributed by atoms with Gasteiger partial charge in [0.25, 0.3) is 0 Å². The van der Waals surface area contributed by atoms with Crippen LogP contribution >= 0.6 is 0 Å². The molecule has 0 aliphatic carbocycles. The third kappa shape index (κ3) is 2.46. The lowest BCUT2D eigenvalue weighted by atomic mass is 10.00. The molecule has 1 aliphatic rings. The minimum absolute atomic E-state index is 0.791. The second-order valence-electron chi connectivity index (χ2n) is 3.36. The highest BCUT2D eigenvalue weighted by molar-refractivity contribution is 4.75. The average Bonchev–Trinajstić information content (AvgIpc) is 2.06. The zero-order valence-corrected chi connectivity index (χ0v) is 7.55. The maximum atomic E-state index is 5.55. The first-order chi connectivity index (χ1) is 5.38. The van der Waals surface area contributed by atoms with Gasteiger partial charge in [-0.3, -0.25) is 0 Å². The minimum atomic E-state index is 0.791. The Morgan fingerprint density at radius 2 is 2.27 bits per heavy atom. The first-order valence-electron chi connectivity index (χ1n) is 4.82. The van der Waals surface area contributed by atoms with Crippen molar-refractivity contribution in [3.05, 3.63) is 0 Å². The molecule has 1 atom stereocenters. The Balaban J connectivity index is 2.31. The quantitative estimate of drug-likeness (QED) is 0.665. The summed E-state index contributed by atoms with van der Waals surface area (Å²) in [7, 11) is 0. The van der Waals surface area contributed by atoms with Crippen molar-refractivity contribution in [2.24, 2.45) is 5.73 Å². The Labute approximate surface area is 69.8 Å². The van der Waals surface area contributed by atoms with E-state index < -0.39 is 0 Å². The molecule has 2 nitrogen and oxygen atoms in total. The van der Waals surface area contributed by atoms with E-state index in [-0.39, 0.29) is 0 Å². The second kappa shape index (κ2) is 4.73. The van der Waals surface area contributed by atoms with Gasteiger partial charge >= 0.3 is 0 Å². The number of hydrogen-bond acceptors (Lipinski definition) is 2. The minimum Gasteiger partial charge on any atom is -0.330 e. The SMILES string of the molecule is CCN1CCCCC1CCN. The first-order valence-corrected chi connectivity index (χ1v) is 4.82. The van der Waals surface area contributed by atoms with Crippen molar-refractivity contribution >= 4 is 0 Å². The van der Waals surface area contributed by atoms with E-state index in [0.29, 0.717) is 0 Å². The van der Waals surface area contributed by atoms with Gasteiger partial charge in [-0.15, -0.1) is 0 Å². The van der Waals surface area contributed by atoms with Crippen LogP contribution in [0.15, 0.2) is 0 Å². The van der Waals surface area contributed by atoms with Crippen LogP contribution in [-0.2, 0) is 0 Å². The summed E-state index contributed by atoms with van der Waals surface area (Å²) in [5.74, 6) is 0. The van der Waals surface area contributed by atoms with E-state index in [0.717, 1.165) is 12.6 Å². The van der Waals surface area contributed by atoms with Crippen LogP contribution in [0.5, 0.6) is 0 Å². The van der Waals surface area contributed by atoms with E-state index in [1.54, 1.807) is 0 Å². The topological polar surface area (TPSA) is 29.3 Å². The summed E-state index contributed by atoms with van der Waals surface area (Å²) in [6.07, 6.45) is 5.34. The largest absolute Gasteiger partial charge is 0.330 e. The molecule has 0 bridgehead atoms. The van der Waals surface area contributed by atoms with Gasteiger partial charge in [0.2, 0.25) is 0 Å². The number of likely N-dealkylation sites (tertiary alicyclic amines) is 1. The predicted octanol–water partition coefficient (Wildman–Crippen LogP) is 1.21. The molecule has 0 saturated carbocycles. The van der Waals surface area contributed by atoms with Gasteiger partial charge in [0, 0.05) is 6.04 Å². The number of nitrogens with zero attached hydrogens (tertiary/aromatic N) is 1. The summed E-state index contributed by atoms with van der Waals surface area (Å²) in [6, 6.07) is 0.791. The molecule has 1 rings (SSSR count). The summed E-state index contributed by atoms with van der Waals surface area (Å²) in [5, 5.41) is 0. The van der Waals surface area contributed by atoms with Gasteiger partial charge in [-0.25, -0.2) is 0 Å². The second-order valence-corrected chi connectivity index (χ2v) is 3.36. The molecule has 1 aliphatic heterocycles. The number of piperidine rings is 1. The van der Waals surface area contributed by atoms with Crippen LogP contribution in [0.3, 0.4) is 0 Å². The van der Waals surface area contributed by atoms with Crippen molar-refractivity contribution < 1.29 is 0 Å². The molecule has 0 spiro atoms. The molecule has 1 saturated heterocycles. The van der Waals surface area contributed by atoms with Crippen molar-refractivity contribution in [3.63, 3.8) is 0 Å². The maximum absolute atomic E-state index is 5.55. The monoisotopic (exact) mass is 156 g/mol. The van der Waals surface area contributed by atoms with Crippen LogP contribution in [0.1, 0.15) is 32.6 Å². The average molecular weight is 156 g/mol. The summed E-state index contributed by atoms with van der Waals surface area (Å²) in [5.41, 5.74) is 5.55. The maximum Gasteiger partial charge on any atom is 0.0107 e. The van der Waals surface area contributed by atoms with Crippen molar-refractivity contribution in [1.29, 1.82) is 0 Å². The van der Waals surface area contributed by atoms with Gasteiger partial charge in [0.05, 0.1) is 0 Å². The number of rotatable bonds is 3. The Bertz CT molecular complexity index is 102. The highest BCUT2D eigenvalue weighted by atomic mass is 15.2. The highest BCUT2D eigenvalue weighted by Gasteiger charge is 2.19. The standard InChI is InChI=1S/C9H20N2/c1-2-11-8-4-3-5-9(11)6-7-10/h9H,2-8,10H2,1H3. The van der Waals surface area contributed by atoms with Crippen molar-refractivity contribution in [1.82, 2.24) is 4.90 Å². The van der Waals surface area contributed by atoms with Gasteiger partial charge < -0.3 is 10.6 Å². The van der Waals surface area contributed by atoms with Crippen LogP contribution in [-0.4, -0.2) is 30.6 Å². The van der Waals surface area contributed by atoms with Crippen LogP contribution in [0.2, 0.25) is 0 Å². The third-order valence-corrected chi connectivity index (χ3v) is 2.66. The molecule has 2 N–H and O–H groups in total. The molecule has 1 fully saturated rings. The molecule has 1 unspecified atom stereocenters. The predicted molar refractivity (Wildman–Crippen MR) is 48.6 cm³/mol. The zero-order valence-electron chi connectivity index (χ0n) is 7.55. The highest BCUT2D eigenvalue weighted by Crippen LogP contribution is 2.18. The van der Waals surface area contributed by atoms with E-state index in [1.807, 2.05) is 0 Å². The van der Waals surface area contributed by atoms with Crippen LogP contribution < -0.4 is 5.73 Å². The molecule has 2 heteroatoms. The van der Waals surface area contributed by atoms with Gasteiger partial charge in [0.1, 0.15) is 0 Å². The molecular weight excluding hydrogens is 136 g/mol. The summed E-state index contributed by atoms with van der Waals surface area (Å²) < 4.78 is 0. The van der Waals surface area contributed by atoms with Crippen molar-refractivity contribution in [2.45, 2.75) is 38.6 Å². The molecule has 1 heterocycles. The molecule has 0 aromatic heterocycles. The fourth-order valence-corrected chi connectivity index (χ4v) is 2.00. The van der Waals surface area contributed by atoms with E-state index in [9.17, 15) is 0 Å². The normalized spacial score (nSPS) is 27.3. The Hall–Kier alpha value is -0.0800. The van der Waals surface area contributed by atoms with Gasteiger partial charge in [0.15, 0.2) is 0 Å². The Morgan fingerprint density at radius 3 is 2.91 bits per heavy atom. The molecule has 11 heavy (non-hydrogen) atoms. The lowest BCUT2D eigenvalue weighted by Crippen LogP contribution is -2.40. The molecule has 0 radical (unpaired) electrons. The van der Waals surface area contributed by atoms with Gasteiger partial charge in [-0.2, -0.15) is 0 Å². The van der Waals surface area contributed by atoms with Crippen LogP contribution in [0.4, 0.5) is 0 Å². The van der Waals surface area contributed by atoms with E-state index >= 15 is 0 Å². The molecule has 0 amide bonds. The lowest BCUT2D eigenvalue weighted by Gasteiger charge is -2.34. The molecule has 0 aromatic rings. The number of hydrogen-bond donors (Lipinski definition) is 1. The smallest absolute Gasteiger partial charge is 0.0107 e. The Kier molecular flexibility index (Phi) is 3.87. The Morgan fingerprint density at radius 1 is 1.45 bits per heavy atom. The van der Waals surface area contributed by atoms with Crippen LogP contribution in [0.25, 0.3) is 0 Å². The summed E-state index contributed by atoms with van der Waals surface area (Å²) >= 11 is 0. The van der Waals surface area contributed by atoms with Crippen molar-refractivity contribution in [2.75, 3.05) is 19.6 Å². The van der Waals surface area contributed by atoms with Crippen LogP contribution in [0, 0.1) is 0 Å².